The molecule has 0 radical (unpaired) electrons. The molecule has 1 aromatic carbocycles. The van der Waals surface area contributed by atoms with E-state index < -0.39 is 38.1 Å². The molecule has 1 rings (SSSR count). The Morgan fingerprint density at radius 1 is 1.31 bits per heavy atom. The van der Waals surface area contributed by atoms with Crippen molar-refractivity contribution in [3.05, 3.63) is 33.9 Å². The van der Waals surface area contributed by atoms with Crippen LogP contribution in [0.15, 0.2) is 12.1 Å². The summed E-state index contributed by atoms with van der Waals surface area (Å²) in [5.74, 6) is -3.68. The largest absolute Gasteiger partial charge is 0.382 e. The minimum absolute atomic E-state index is 0.419. The second-order valence-electron chi connectivity index (χ2n) is 2.78. The lowest BCUT2D eigenvalue weighted by Crippen LogP contribution is -2.07. The maximum absolute atomic E-state index is 13.0. The van der Waals surface area contributed by atoms with Gasteiger partial charge >= 0.3 is 15.8 Å². The third-order valence-corrected chi connectivity index (χ3v) is 1.92. The van der Waals surface area contributed by atoms with Crippen molar-refractivity contribution >= 4 is 15.8 Å². The number of hydrogen-bond donors (Lipinski definition) is 0. The van der Waals surface area contributed by atoms with Gasteiger partial charge in [0.25, 0.3) is 0 Å². The summed E-state index contributed by atoms with van der Waals surface area (Å²) in [6.45, 7) is 0. The summed E-state index contributed by atoms with van der Waals surface area (Å²) in [6, 6.07) is 0.838. The molecule has 0 amide bonds. The minimum atomic E-state index is -3.95. The highest BCUT2D eigenvalue weighted by Crippen LogP contribution is 2.27. The molecule has 0 unspecified atom stereocenters. The molecule has 6 nitrogen and oxygen atoms in total. The molecule has 9 heteroatoms. The molecule has 0 aliphatic heterocycles. The van der Waals surface area contributed by atoms with Gasteiger partial charge in [-0.25, -0.2) is 0 Å². The first-order valence-corrected chi connectivity index (χ1v) is 5.55. The van der Waals surface area contributed by atoms with Gasteiger partial charge in [0.2, 0.25) is 11.6 Å². The molecule has 0 aliphatic carbocycles. The van der Waals surface area contributed by atoms with Crippen molar-refractivity contribution in [2.75, 3.05) is 6.26 Å². The number of benzene rings is 1. The highest BCUT2D eigenvalue weighted by Gasteiger charge is 2.23. The lowest BCUT2D eigenvalue weighted by atomic mass is 10.3. The van der Waals surface area contributed by atoms with Crippen LogP contribution >= 0.6 is 0 Å². The number of nitro benzene ring substituents is 1. The van der Waals surface area contributed by atoms with Gasteiger partial charge in [0.15, 0.2) is 0 Å². The topological polar surface area (TPSA) is 86.5 Å². The van der Waals surface area contributed by atoms with Crippen LogP contribution in [-0.2, 0) is 10.1 Å². The number of hydrogen-bond acceptors (Lipinski definition) is 5. The van der Waals surface area contributed by atoms with E-state index in [1.807, 2.05) is 0 Å². The van der Waals surface area contributed by atoms with E-state index >= 15 is 0 Å². The van der Waals surface area contributed by atoms with Crippen LogP contribution in [0.5, 0.6) is 5.75 Å². The van der Waals surface area contributed by atoms with Crippen LogP contribution in [0.2, 0.25) is 0 Å². The molecule has 0 atom stereocenters. The van der Waals surface area contributed by atoms with Gasteiger partial charge in [0.05, 0.1) is 11.2 Å². The maximum Gasteiger partial charge on any atom is 0.340 e. The number of nitro groups is 1. The Labute approximate surface area is 88.7 Å². The summed E-state index contributed by atoms with van der Waals surface area (Å²) in [5, 5.41) is 10.2. The number of nitrogens with zero attached hydrogens (tertiary/aromatic N) is 1. The Morgan fingerprint density at radius 2 is 1.75 bits per heavy atom. The predicted molar refractivity (Wildman–Crippen MR) is 48.5 cm³/mol. The average Bonchev–Trinajstić information content (AvgIpc) is 1.96. The zero-order chi connectivity index (χ0) is 12.5. The van der Waals surface area contributed by atoms with Crippen molar-refractivity contribution < 1.29 is 26.3 Å². The van der Waals surface area contributed by atoms with Gasteiger partial charge in [-0.3, -0.25) is 10.1 Å². The Morgan fingerprint density at radius 3 is 2.06 bits per heavy atom. The first kappa shape index (κ1) is 12.3. The van der Waals surface area contributed by atoms with Crippen molar-refractivity contribution in [3.8, 4) is 5.75 Å². The standard InChI is InChI=1S/C7H5F2NO5S/c1-16(13,14)15-4-2-5(8)7(10(11)12)6(9)3-4/h2-3H,1H3. The molecule has 0 heterocycles. The number of rotatable bonds is 3. The molecule has 16 heavy (non-hydrogen) atoms. The van der Waals surface area contributed by atoms with E-state index in [9.17, 15) is 27.3 Å². The first-order valence-electron chi connectivity index (χ1n) is 3.73. The molecule has 0 saturated carbocycles. The van der Waals surface area contributed by atoms with E-state index in [1.54, 1.807) is 0 Å². The average molecular weight is 253 g/mol. The smallest absolute Gasteiger partial charge is 0.340 e. The van der Waals surface area contributed by atoms with Gasteiger partial charge in [-0.05, 0) is 0 Å². The van der Waals surface area contributed by atoms with Crippen molar-refractivity contribution in [1.82, 2.24) is 0 Å². The van der Waals surface area contributed by atoms with Crippen LogP contribution in [-0.4, -0.2) is 19.6 Å². The number of halogens is 2. The summed E-state index contributed by atoms with van der Waals surface area (Å²) in [5.41, 5.74) is -1.36. The molecular weight excluding hydrogens is 248 g/mol. The fraction of sp³-hybridized carbons (Fsp3) is 0.143. The molecule has 0 N–H and O–H groups in total. The van der Waals surface area contributed by atoms with E-state index in [4.69, 9.17) is 0 Å². The maximum atomic E-state index is 13.0. The van der Waals surface area contributed by atoms with Crippen molar-refractivity contribution in [2.45, 2.75) is 0 Å². The summed E-state index contributed by atoms with van der Waals surface area (Å²) >= 11 is 0. The first-order chi connectivity index (χ1) is 7.20. The quantitative estimate of drug-likeness (QED) is 0.459. The zero-order valence-corrected chi connectivity index (χ0v) is 8.62. The Kier molecular flexibility index (Phi) is 3.08. The predicted octanol–water partition coefficient (Wildman–Crippen LogP) is 1.21. The Hall–Kier alpha value is -1.77. The molecule has 0 aliphatic rings. The molecule has 0 spiro atoms. The lowest BCUT2D eigenvalue weighted by molar-refractivity contribution is -0.390. The molecule has 0 saturated heterocycles. The van der Waals surface area contributed by atoms with Crippen LogP contribution in [0.3, 0.4) is 0 Å². The highest BCUT2D eigenvalue weighted by molar-refractivity contribution is 7.86. The second-order valence-corrected chi connectivity index (χ2v) is 4.36. The van der Waals surface area contributed by atoms with E-state index in [0.717, 1.165) is 0 Å². The van der Waals surface area contributed by atoms with Gasteiger partial charge in [-0.15, -0.1) is 0 Å². The molecular formula is C7H5F2NO5S. The molecule has 0 fully saturated rings. The summed E-state index contributed by atoms with van der Waals surface area (Å²) in [7, 11) is -3.95. The Balaban J connectivity index is 3.25. The van der Waals surface area contributed by atoms with Crippen LogP contribution < -0.4 is 4.18 Å². The fourth-order valence-corrected chi connectivity index (χ4v) is 1.39. The Bertz CT molecular complexity index is 519. The van der Waals surface area contributed by atoms with Crippen LogP contribution in [0.1, 0.15) is 0 Å². The van der Waals surface area contributed by atoms with Gasteiger partial charge in [0.1, 0.15) is 5.75 Å². The molecule has 88 valence electrons. The molecule has 1 aromatic rings. The zero-order valence-electron chi connectivity index (χ0n) is 7.81. The van der Waals surface area contributed by atoms with E-state index in [-0.39, 0.29) is 0 Å². The fourth-order valence-electron chi connectivity index (χ4n) is 0.940. The van der Waals surface area contributed by atoms with E-state index in [1.165, 1.54) is 0 Å². The van der Waals surface area contributed by atoms with Crippen LogP contribution in [0.25, 0.3) is 0 Å². The minimum Gasteiger partial charge on any atom is -0.382 e. The van der Waals surface area contributed by atoms with Gasteiger partial charge in [-0.1, -0.05) is 0 Å². The monoisotopic (exact) mass is 253 g/mol. The molecule has 0 aromatic heterocycles. The lowest BCUT2D eigenvalue weighted by Gasteiger charge is -2.03. The van der Waals surface area contributed by atoms with Crippen molar-refractivity contribution in [3.63, 3.8) is 0 Å². The van der Waals surface area contributed by atoms with Crippen LogP contribution in [0, 0.1) is 21.7 Å². The van der Waals surface area contributed by atoms with Crippen LogP contribution in [0.4, 0.5) is 14.5 Å². The third kappa shape index (κ3) is 2.86. The second kappa shape index (κ2) is 4.00. The van der Waals surface area contributed by atoms with Gasteiger partial charge < -0.3 is 4.18 Å². The van der Waals surface area contributed by atoms with E-state index in [2.05, 4.69) is 4.18 Å². The third-order valence-electron chi connectivity index (χ3n) is 1.42. The highest BCUT2D eigenvalue weighted by atomic mass is 32.2. The molecule has 0 bridgehead atoms. The SMILES string of the molecule is CS(=O)(=O)Oc1cc(F)c([N+](=O)[O-])c(F)c1. The van der Waals surface area contributed by atoms with Crippen molar-refractivity contribution in [2.24, 2.45) is 0 Å². The summed E-state index contributed by atoms with van der Waals surface area (Å²) in [4.78, 5) is 8.95. The summed E-state index contributed by atoms with van der Waals surface area (Å²) in [6.07, 6.45) is 0.671. The van der Waals surface area contributed by atoms with E-state index in [0.29, 0.717) is 18.4 Å². The normalized spacial score (nSPS) is 11.2. The van der Waals surface area contributed by atoms with Crippen molar-refractivity contribution in [1.29, 1.82) is 0 Å². The summed E-state index contributed by atoms with van der Waals surface area (Å²) < 4.78 is 51.4. The van der Waals surface area contributed by atoms with Gasteiger partial charge in [-0.2, -0.15) is 17.2 Å². The van der Waals surface area contributed by atoms with Gasteiger partial charge in [0, 0.05) is 12.1 Å².